The summed E-state index contributed by atoms with van der Waals surface area (Å²) in [6.07, 6.45) is 8.92. The monoisotopic (exact) mass is 472 g/mol. The molecule has 2 atom stereocenters. The first-order valence-electron chi connectivity index (χ1n) is 11.4. The molecule has 8 heteroatoms. The Bertz CT molecular complexity index is 1020. The van der Waals surface area contributed by atoms with Crippen LogP contribution in [-0.4, -0.2) is 29.4 Å². The van der Waals surface area contributed by atoms with Gasteiger partial charge in [-0.25, -0.2) is 0 Å². The van der Waals surface area contributed by atoms with Crippen molar-refractivity contribution in [3.63, 3.8) is 0 Å². The standard InChI is InChI=1S/C24H29ClN4O2S/c1-14-19(7-17(25)12-26-14)27-15(2)21-5-6-22(32-21)29(13-30)20(23(31)28-18-3-4-18)11-24-8-16(9-24)10-24/h5-7,12-13,15-16,18,20,27H,3-4,8-11H2,1-2H3,(H,28,31)/t15-,16?,20-,24?/m0/s1. The Morgan fingerprint density at radius 2 is 2.12 bits per heavy atom. The van der Waals surface area contributed by atoms with E-state index in [1.165, 1.54) is 19.3 Å². The zero-order chi connectivity index (χ0) is 22.5. The molecule has 6 rings (SSSR count). The molecule has 4 fully saturated rings. The fourth-order valence-electron chi connectivity index (χ4n) is 5.11. The maximum atomic E-state index is 13.1. The van der Waals surface area contributed by atoms with Crippen LogP contribution in [0.1, 0.15) is 62.1 Å². The van der Waals surface area contributed by atoms with E-state index in [0.29, 0.717) is 5.02 Å². The average molecular weight is 473 g/mol. The molecular formula is C24H29ClN4O2S. The molecule has 0 radical (unpaired) electrons. The van der Waals surface area contributed by atoms with Gasteiger partial charge in [-0.05, 0) is 81.9 Å². The summed E-state index contributed by atoms with van der Waals surface area (Å²) in [5, 5.41) is 8.00. The smallest absolute Gasteiger partial charge is 0.243 e. The first-order chi connectivity index (χ1) is 15.4. The minimum Gasteiger partial charge on any atom is -0.376 e. The highest BCUT2D eigenvalue weighted by atomic mass is 35.5. The van der Waals surface area contributed by atoms with Crippen molar-refractivity contribution in [2.24, 2.45) is 11.3 Å². The third kappa shape index (κ3) is 4.25. The summed E-state index contributed by atoms with van der Waals surface area (Å²) in [4.78, 5) is 32.4. The van der Waals surface area contributed by atoms with Crippen molar-refractivity contribution in [1.82, 2.24) is 10.3 Å². The van der Waals surface area contributed by atoms with E-state index in [1.807, 2.05) is 25.1 Å². The molecule has 0 saturated heterocycles. The number of hydrogen-bond donors (Lipinski definition) is 2. The SMILES string of the molecule is Cc1ncc(Cl)cc1N[C@@H](C)c1ccc(N(C=O)[C@@H](CC23CC(C2)C3)C(=O)NC2CC2)s1. The van der Waals surface area contributed by atoms with Crippen molar-refractivity contribution in [2.75, 3.05) is 10.2 Å². The summed E-state index contributed by atoms with van der Waals surface area (Å²) in [6.45, 7) is 4.01. The first kappa shape index (κ1) is 21.7. The molecule has 2 bridgehead atoms. The summed E-state index contributed by atoms with van der Waals surface area (Å²) in [6, 6.07) is 5.70. The highest BCUT2D eigenvalue weighted by Crippen LogP contribution is 2.66. The molecule has 0 aliphatic heterocycles. The predicted octanol–water partition coefficient (Wildman–Crippen LogP) is 5.08. The summed E-state index contributed by atoms with van der Waals surface area (Å²) in [7, 11) is 0. The van der Waals surface area contributed by atoms with Gasteiger partial charge in [0, 0.05) is 17.1 Å². The quantitative estimate of drug-likeness (QED) is 0.473. The third-order valence-electron chi connectivity index (χ3n) is 7.19. The van der Waals surface area contributed by atoms with Gasteiger partial charge < -0.3 is 10.6 Å². The minimum absolute atomic E-state index is 0.00826. The Labute approximate surface area is 197 Å². The van der Waals surface area contributed by atoms with E-state index in [4.69, 9.17) is 11.6 Å². The fourth-order valence-corrected chi connectivity index (χ4v) is 6.29. The molecule has 4 saturated carbocycles. The van der Waals surface area contributed by atoms with Crippen LogP contribution in [0, 0.1) is 18.3 Å². The Morgan fingerprint density at radius 3 is 2.75 bits per heavy atom. The number of carbonyl (C=O) groups is 2. The number of nitrogens with zero attached hydrogens (tertiary/aromatic N) is 2. The Hall–Kier alpha value is -2.12. The van der Waals surface area contributed by atoms with Crippen molar-refractivity contribution in [1.29, 1.82) is 0 Å². The van der Waals surface area contributed by atoms with Gasteiger partial charge >= 0.3 is 0 Å². The van der Waals surface area contributed by atoms with Crippen LogP contribution in [0.2, 0.25) is 5.02 Å². The van der Waals surface area contributed by atoms with E-state index in [9.17, 15) is 9.59 Å². The van der Waals surface area contributed by atoms with E-state index < -0.39 is 6.04 Å². The van der Waals surface area contributed by atoms with Crippen molar-refractivity contribution >= 4 is 45.9 Å². The number of halogens is 1. The van der Waals surface area contributed by atoms with E-state index in [-0.39, 0.29) is 23.4 Å². The number of carbonyl (C=O) groups excluding carboxylic acids is 2. The number of amides is 2. The van der Waals surface area contributed by atoms with Crippen molar-refractivity contribution in [2.45, 2.75) is 70.5 Å². The second-order valence-electron chi connectivity index (χ2n) is 9.82. The number of nitrogens with one attached hydrogen (secondary N) is 2. The number of aromatic nitrogens is 1. The van der Waals surface area contributed by atoms with Crippen LogP contribution in [0.5, 0.6) is 0 Å². The van der Waals surface area contributed by atoms with Gasteiger partial charge in [-0.3, -0.25) is 19.5 Å². The molecule has 2 aromatic rings. The molecule has 2 aromatic heterocycles. The highest BCUT2D eigenvalue weighted by Gasteiger charge is 2.58. The topological polar surface area (TPSA) is 74.3 Å². The lowest BCUT2D eigenvalue weighted by Crippen LogP contribution is -2.58. The van der Waals surface area contributed by atoms with Crippen LogP contribution >= 0.6 is 22.9 Å². The molecule has 2 heterocycles. The van der Waals surface area contributed by atoms with Gasteiger partial charge in [0.15, 0.2) is 0 Å². The van der Waals surface area contributed by atoms with Crippen LogP contribution in [-0.2, 0) is 9.59 Å². The number of pyridine rings is 1. The van der Waals surface area contributed by atoms with E-state index in [2.05, 4.69) is 22.5 Å². The van der Waals surface area contributed by atoms with Gasteiger partial charge in [0.25, 0.3) is 0 Å². The number of rotatable bonds is 10. The third-order valence-corrected chi connectivity index (χ3v) is 8.67. The Balaban J connectivity index is 1.33. The van der Waals surface area contributed by atoms with Crippen LogP contribution in [0.4, 0.5) is 10.7 Å². The summed E-state index contributed by atoms with van der Waals surface area (Å²) >= 11 is 7.65. The maximum Gasteiger partial charge on any atom is 0.243 e. The molecule has 6 nitrogen and oxygen atoms in total. The van der Waals surface area contributed by atoms with Crippen LogP contribution in [0.3, 0.4) is 0 Å². The van der Waals surface area contributed by atoms with E-state index in [0.717, 1.165) is 52.9 Å². The van der Waals surface area contributed by atoms with Crippen LogP contribution < -0.4 is 15.5 Å². The van der Waals surface area contributed by atoms with Gasteiger partial charge in [0.2, 0.25) is 12.3 Å². The molecule has 2 N–H and O–H groups in total. The Morgan fingerprint density at radius 1 is 1.38 bits per heavy atom. The molecule has 4 aliphatic carbocycles. The summed E-state index contributed by atoms with van der Waals surface area (Å²) < 4.78 is 0. The Kier molecular flexibility index (Phi) is 5.66. The lowest BCUT2D eigenvalue weighted by molar-refractivity contribution is -0.136. The van der Waals surface area contributed by atoms with Gasteiger partial charge in [-0.15, -0.1) is 11.3 Å². The fraction of sp³-hybridized carbons (Fsp3) is 0.542. The number of thiophene rings is 1. The molecule has 0 spiro atoms. The normalized spacial score (nSPS) is 25.2. The predicted molar refractivity (Wildman–Crippen MR) is 128 cm³/mol. The molecule has 170 valence electrons. The molecule has 0 unspecified atom stereocenters. The average Bonchev–Trinajstić information content (AvgIpc) is 3.37. The van der Waals surface area contributed by atoms with Crippen molar-refractivity contribution < 1.29 is 9.59 Å². The molecule has 32 heavy (non-hydrogen) atoms. The molecular weight excluding hydrogens is 444 g/mol. The zero-order valence-corrected chi connectivity index (χ0v) is 20.0. The number of hydrogen-bond acceptors (Lipinski definition) is 5. The van der Waals surface area contributed by atoms with Gasteiger partial charge in [0.05, 0.1) is 27.4 Å². The minimum atomic E-state index is -0.441. The van der Waals surface area contributed by atoms with E-state index in [1.54, 1.807) is 22.4 Å². The molecule has 4 aliphatic rings. The zero-order valence-electron chi connectivity index (χ0n) is 18.4. The molecule has 2 amide bonds. The van der Waals surface area contributed by atoms with Gasteiger partial charge in [-0.2, -0.15) is 0 Å². The van der Waals surface area contributed by atoms with Crippen molar-refractivity contribution in [3.05, 3.63) is 40.0 Å². The maximum absolute atomic E-state index is 13.1. The van der Waals surface area contributed by atoms with Gasteiger partial charge in [-0.1, -0.05) is 11.6 Å². The summed E-state index contributed by atoms with van der Waals surface area (Å²) in [5.41, 5.74) is 2.03. The van der Waals surface area contributed by atoms with Crippen LogP contribution in [0.25, 0.3) is 0 Å². The second kappa shape index (κ2) is 8.34. The molecule has 0 aromatic carbocycles. The first-order valence-corrected chi connectivity index (χ1v) is 12.6. The van der Waals surface area contributed by atoms with E-state index >= 15 is 0 Å². The lowest BCUT2D eigenvalue weighted by atomic mass is 9.43. The van der Waals surface area contributed by atoms with Crippen LogP contribution in [0.15, 0.2) is 24.4 Å². The number of anilines is 2. The second-order valence-corrected chi connectivity index (χ2v) is 11.4. The van der Waals surface area contributed by atoms with Crippen molar-refractivity contribution in [3.8, 4) is 0 Å². The van der Waals surface area contributed by atoms with Gasteiger partial charge in [0.1, 0.15) is 6.04 Å². The summed E-state index contributed by atoms with van der Waals surface area (Å²) in [5.74, 6) is 0.836. The number of aryl methyl sites for hydroxylation is 1. The largest absolute Gasteiger partial charge is 0.376 e. The lowest BCUT2D eigenvalue weighted by Gasteiger charge is -2.63. The highest BCUT2D eigenvalue weighted by molar-refractivity contribution is 7.16.